The van der Waals surface area contributed by atoms with Gasteiger partial charge in [-0.15, -0.1) is 5.73 Å². The Morgan fingerprint density at radius 3 is 2.06 bits per heavy atom. The predicted octanol–water partition coefficient (Wildman–Crippen LogP) is 4.12. The standard InChI is InChI=1S/C14H26O3S/c1-2-3-4-5-6-7-8-9-10-11-12-13-14-18(15,16)17/h11,13H,2-10,14H2,1H3,(H,15,16,17). The topological polar surface area (TPSA) is 54.4 Å². The van der Waals surface area contributed by atoms with E-state index in [1.54, 1.807) is 0 Å². The van der Waals surface area contributed by atoms with E-state index in [0.29, 0.717) is 0 Å². The Morgan fingerprint density at radius 1 is 0.944 bits per heavy atom. The zero-order valence-electron chi connectivity index (χ0n) is 11.4. The number of unbranched alkanes of at least 4 members (excludes halogenated alkanes) is 8. The summed E-state index contributed by atoms with van der Waals surface area (Å²) in [5, 5.41) is 0. The molecule has 0 heterocycles. The van der Waals surface area contributed by atoms with Crippen LogP contribution in [0.5, 0.6) is 0 Å². The Balaban J connectivity index is 3.32. The number of hydrogen-bond acceptors (Lipinski definition) is 2. The van der Waals surface area contributed by atoms with Crippen LogP contribution in [0.15, 0.2) is 17.9 Å². The van der Waals surface area contributed by atoms with Crippen molar-refractivity contribution in [3.05, 3.63) is 17.9 Å². The molecule has 3 nitrogen and oxygen atoms in total. The molecule has 106 valence electrons. The van der Waals surface area contributed by atoms with Crippen molar-refractivity contribution < 1.29 is 13.0 Å². The van der Waals surface area contributed by atoms with Crippen LogP contribution >= 0.6 is 0 Å². The van der Waals surface area contributed by atoms with Crippen LogP contribution in [0, 0.1) is 0 Å². The lowest BCUT2D eigenvalue weighted by Crippen LogP contribution is -1.99. The van der Waals surface area contributed by atoms with E-state index in [1.807, 2.05) is 6.08 Å². The molecule has 0 saturated heterocycles. The molecule has 0 aromatic carbocycles. The minimum absolute atomic E-state index is 0.346. The van der Waals surface area contributed by atoms with Crippen molar-refractivity contribution in [3.63, 3.8) is 0 Å². The number of rotatable bonds is 11. The van der Waals surface area contributed by atoms with Gasteiger partial charge in [0.1, 0.15) is 5.75 Å². The van der Waals surface area contributed by atoms with Gasteiger partial charge in [0.15, 0.2) is 0 Å². The molecule has 4 heteroatoms. The number of hydrogen-bond donors (Lipinski definition) is 1. The summed E-state index contributed by atoms with van der Waals surface area (Å²) in [5.41, 5.74) is 2.77. The maximum Gasteiger partial charge on any atom is 0.269 e. The van der Waals surface area contributed by atoms with Gasteiger partial charge in [0.25, 0.3) is 10.1 Å². The second kappa shape index (κ2) is 11.5. The van der Waals surface area contributed by atoms with Gasteiger partial charge in [0, 0.05) is 0 Å². The fraction of sp³-hybridized carbons (Fsp3) is 0.786. The summed E-state index contributed by atoms with van der Waals surface area (Å²) >= 11 is 0. The summed E-state index contributed by atoms with van der Waals surface area (Å²) < 4.78 is 29.2. The van der Waals surface area contributed by atoms with E-state index < -0.39 is 10.1 Å². The van der Waals surface area contributed by atoms with Gasteiger partial charge in [-0.1, -0.05) is 51.9 Å². The normalized spacial score (nSPS) is 11.0. The molecular formula is C14H26O3S. The third-order valence-electron chi connectivity index (χ3n) is 2.73. The third-order valence-corrected chi connectivity index (χ3v) is 3.32. The van der Waals surface area contributed by atoms with E-state index in [-0.39, 0.29) is 5.75 Å². The monoisotopic (exact) mass is 274 g/mol. The van der Waals surface area contributed by atoms with Crippen molar-refractivity contribution in [3.8, 4) is 0 Å². The summed E-state index contributed by atoms with van der Waals surface area (Å²) in [5.74, 6) is -0.346. The first kappa shape index (κ1) is 17.4. The molecule has 0 radical (unpaired) electrons. The summed E-state index contributed by atoms with van der Waals surface area (Å²) in [7, 11) is -3.87. The Hall–Kier alpha value is -0.570. The van der Waals surface area contributed by atoms with Gasteiger partial charge in [-0.25, -0.2) is 0 Å². The minimum atomic E-state index is -3.87. The van der Waals surface area contributed by atoms with E-state index in [4.69, 9.17) is 4.55 Å². The summed E-state index contributed by atoms with van der Waals surface area (Å²) in [4.78, 5) is 0. The molecule has 1 N–H and O–H groups in total. The second-order valence-corrected chi connectivity index (χ2v) is 6.08. The van der Waals surface area contributed by atoms with Gasteiger partial charge in [-0.05, 0) is 25.0 Å². The molecule has 18 heavy (non-hydrogen) atoms. The quantitative estimate of drug-likeness (QED) is 0.350. The molecule has 0 rings (SSSR count). The average molecular weight is 274 g/mol. The summed E-state index contributed by atoms with van der Waals surface area (Å²) in [6.45, 7) is 2.22. The van der Waals surface area contributed by atoms with Gasteiger partial charge >= 0.3 is 0 Å². The Morgan fingerprint density at radius 2 is 1.50 bits per heavy atom. The second-order valence-electron chi connectivity index (χ2n) is 4.59. The lowest BCUT2D eigenvalue weighted by Gasteiger charge is -1.99. The highest BCUT2D eigenvalue weighted by atomic mass is 32.2. The van der Waals surface area contributed by atoms with Crippen LogP contribution in [0.3, 0.4) is 0 Å². The van der Waals surface area contributed by atoms with Crippen LogP contribution in [-0.4, -0.2) is 18.7 Å². The Labute approximate surface area is 112 Å². The molecule has 0 unspecified atom stereocenters. The van der Waals surface area contributed by atoms with Crippen molar-refractivity contribution in [1.29, 1.82) is 0 Å². The molecule has 0 aromatic rings. The molecule has 0 aliphatic heterocycles. The first-order valence-corrected chi connectivity index (χ1v) is 8.51. The average Bonchev–Trinajstić information content (AvgIpc) is 2.29. The van der Waals surface area contributed by atoms with E-state index in [0.717, 1.165) is 12.8 Å². The fourth-order valence-corrected chi connectivity index (χ4v) is 2.01. The highest BCUT2D eigenvalue weighted by Crippen LogP contribution is 2.09. The van der Waals surface area contributed by atoms with Crippen molar-refractivity contribution in [2.75, 3.05) is 5.75 Å². The van der Waals surface area contributed by atoms with Crippen LogP contribution in [-0.2, 0) is 10.1 Å². The minimum Gasteiger partial charge on any atom is -0.285 e. The zero-order valence-corrected chi connectivity index (χ0v) is 12.2. The lowest BCUT2D eigenvalue weighted by atomic mass is 10.1. The van der Waals surface area contributed by atoms with E-state index in [1.165, 1.54) is 51.0 Å². The molecule has 0 saturated carbocycles. The van der Waals surface area contributed by atoms with Crippen molar-refractivity contribution in [1.82, 2.24) is 0 Å². The lowest BCUT2D eigenvalue weighted by molar-refractivity contribution is 0.487. The first-order valence-electron chi connectivity index (χ1n) is 6.91. The van der Waals surface area contributed by atoms with E-state index in [9.17, 15) is 8.42 Å². The van der Waals surface area contributed by atoms with Gasteiger partial charge < -0.3 is 0 Å². The third kappa shape index (κ3) is 15.4. The largest absolute Gasteiger partial charge is 0.285 e. The molecule has 0 amide bonds. The fourth-order valence-electron chi connectivity index (χ4n) is 1.70. The van der Waals surface area contributed by atoms with Gasteiger partial charge in [-0.2, -0.15) is 8.42 Å². The van der Waals surface area contributed by atoms with Crippen molar-refractivity contribution in [2.45, 2.75) is 64.7 Å². The van der Waals surface area contributed by atoms with Crippen LogP contribution < -0.4 is 0 Å². The van der Waals surface area contributed by atoms with Crippen molar-refractivity contribution >= 4 is 10.1 Å². The first-order chi connectivity index (χ1) is 8.56. The molecular weight excluding hydrogens is 248 g/mol. The molecule has 0 spiro atoms. The Kier molecular flexibility index (Phi) is 11.2. The Bertz CT molecular complexity index is 338. The summed E-state index contributed by atoms with van der Waals surface area (Å²) in [6, 6.07) is 0. The summed E-state index contributed by atoms with van der Waals surface area (Å²) in [6.07, 6.45) is 14.4. The van der Waals surface area contributed by atoms with Crippen molar-refractivity contribution in [2.24, 2.45) is 0 Å². The van der Waals surface area contributed by atoms with Crippen LogP contribution in [0.1, 0.15) is 64.7 Å². The van der Waals surface area contributed by atoms with Gasteiger partial charge in [-0.3, -0.25) is 4.55 Å². The van der Waals surface area contributed by atoms with E-state index >= 15 is 0 Å². The molecule has 0 aliphatic carbocycles. The smallest absolute Gasteiger partial charge is 0.269 e. The molecule has 0 aliphatic rings. The molecule has 0 fully saturated rings. The van der Waals surface area contributed by atoms with Crippen LogP contribution in [0.2, 0.25) is 0 Å². The van der Waals surface area contributed by atoms with Gasteiger partial charge in [0.2, 0.25) is 0 Å². The highest BCUT2D eigenvalue weighted by Gasteiger charge is 1.97. The highest BCUT2D eigenvalue weighted by molar-refractivity contribution is 7.85. The maximum absolute atomic E-state index is 10.4. The van der Waals surface area contributed by atoms with E-state index in [2.05, 4.69) is 12.7 Å². The zero-order chi connectivity index (χ0) is 13.7. The van der Waals surface area contributed by atoms with Crippen LogP contribution in [0.25, 0.3) is 0 Å². The SMILES string of the molecule is CCCCCCCCCCC=C=CCS(=O)(=O)O. The predicted molar refractivity (Wildman–Crippen MR) is 76.3 cm³/mol. The van der Waals surface area contributed by atoms with Gasteiger partial charge in [0.05, 0.1) is 0 Å². The maximum atomic E-state index is 10.4. The molecule has 0 bridgehead atoms. The molecule has 0 atom stereocenters. The molecule has 0 aromatic heterocycles. The van der Waals surface area contributed by atoms with Crippen LogP contribution in [0.4, 0.5) is 0 Å².